The third kappa shape index (κ3) is 10.3. The lowest BCUT2D eigenvalue weighted by molar-refractivity contribution is -0.135. The standard InChI is InChI=1S/C48H56N10O5/c59-42-17-16-41(48(62)54-42)35-8-14-40(15-9-35)63-30-44(61)57-21-18-33(19-22-57)7-4-20-55-23-25-56(26-24-55)38-12-10-36(11-13-38)53-46-45-47(50-31-49-46)58(32-51-45)39-28-37(29-39)52-43(60)27-34-5-2-1-3-6-34/h1-3,5-6,8-15,31-33,37,39,41H,4,7,16-30H2,(H,52,60)(H,49,50,53)(H,54,59,62)/t37?,39?,41-/m0/s1. The smallest absolute Gasteiger partial charge is 0.260 e. The Hall–Kier alpha value is -6.35. The molecule has 4 fully saturated rings. The van der Waals surface area contributed by atoms with Gasteiger partial charge in [0.15, 0.2) is 23.6 Å². The second-order valence-electron chi connectivity index (χ2n) is 17.4. The second-order valence-corrected chi connectivity index (χ2v) is 17.4. The molecule has 3 N–H and O–H groups in total. The van der Waals surface area contributed by atoms with Crippen molar-refractivity contribution in [3.05, 3.63) is 103 Å². The summed E-state index contributed by atoms with van der Waals surface area (Å²) in [6.07, 6.45) is 10.7. The van der Waals surface area contributed by atoms with Gasteiger partial charge >= 0.3 is 0 Å². The molecule has 1 aliphatic carbocycles. The van der Waals surface area contributed by atoms with Gasteiger partial charge in [0.2, 0.25) is 17.7 Å². The lowest BCUT2D eigenvalue weighted by Gasteiger charge is -2.37. The quantitative estimate of drug-likeness (QED) is 0.116. The number of piperazine rings is 1. The SMILES string of the molecule is O=C1CC[C@@H](c2ccc(OCC(=O)N3CCC(CCCN4CCN(c5ccc(Nc6ncnc7c6ncn7C6CC(NC(=O)Cc7ccccc7)C6)cc5)CC4)CC3)cc2)C(=O)N1. The highest BCUT2D eigenvalue weighted by atomic mass is 16.5. The van der Waals surface area contributed by atoms with Gasteiger partial charge in [-0.25, -0.2) is 15.0 Å². The first-order valence-electron chi connectivity index (χ1n) is 22.5. The number of anilines is 3. The average molecular weight is 853 g/mol. The van der Waals surface area contributed by atoms with Crippen LogP contribution in [-0.4, -0.2) is 111 Å². The number of imide groups is 1. The summed E-state index contributed by atoms with van der Waals surface area (Å²) in [5, 5.41) is 9.03. The van der Waals surface area contributed by atoms with E-state index in [4.69, 9.17) is 4.74 Å². The molecule has 4 aliphatic rings. The third-order valence-corrected chi connectivity index (χ3v) is 13.2. The zero-order chi connectivity index (χ0) is 43.1. The van der Waals surface area contributed by atoms with Gasteiger partial charge in [-0.3, -0.25) is 29.4 Å². The number of aromatic nitrogens is 4. The summed E-state index contributed by atoms with van der Waals surface area (Å²) in [4.78, 5) is 69.9. The van der Waals surface area contributed by atoms with Gasteiger partial charge in [-0.1, -0.05) is 42.5 Å². The highest BCUT2D eigenvalue weighted by Crippen LogP contribution is 2.35. The first-order valence-corrected chi connectivity index (χ1v) is 22.5. The van der Waals surface area contributed by atoms with Crippen LogP contribution in [0.1, 0.15) is 74.5 Å². The molecule has 0 bridgehead atoms. The van der Waals surface area contributed by atoms with Crippen molar-refractivity contribution in [3.8, 4) is 5.75 Å². The molecule has 63 heavy (non-hydrogen) atoms. The maximum Gasteiger partial charge on any atom is 0.260 e. The van der Waals surface area contributed by atoms with Gasteiger partial charge in [0.25, 0.3) is 5.91 Å². The number of carbonyl (C=O) groups is 4. The van der Waals surface area contributed by atoms with Crippen LogP contribution in [0.15, 0.2) is 91.5 Å². The number of nitrogens with zero attached hydrogens (tertiary/aromatic N) is 7. The van der Waals surface area contributed by atoms with Crippen LogP contribution in [-0.2, 0) is 25.6 Å². The number of rotatable bonds is 15. The Labute approximate surface area is 367 Å². The minimum Gasteiger partial charge on any atom is -0.484 e. The Morgan fingerprint density at radius 1 is 0.825 bits per heavy atom. The normalized spacial score (nSPS) is 20.9. The molecule has 5 heterocycles. The van der Waals surface area contributed by atoms with E-state index in [2.05, 4.69) is 69.5 Å². The summed E-state index contributed by atoms with van der Waals surface area (Å²) in [5.41, 5.74) is 5.53. The lowest BCUT2D eigenvalue weighted by atomic mass is 9.86. The molecule has 1 saturated carbocycles. The Kier molecular flexibility index (Phi) is 12.9. The molecule has 3 aliphatic heterocycles. The number of amides is 4. The largest absolute Gasteiger partial charge is 0.484 e. The molecular formula is C48H56N10O5. The molecule has 15 nitrogen and oxygen atoms in total. The predicted octanol–water partition coefficient (Wildman–Crippen LogP) is 5.37. The van der Waals surface area contributed by atoms with E-state index in [1.165, 1.54) is 18.5 Å². The van der Waals surface area contributed by atoms with E-state index in [1.807, 2.05) is 53.7 Å². The van der Waals surface area contributed by atoms with Crippen LogP contribution in [0.2, 0.25) is 0 Å². The molecule has 328 valence electrons. The topological polar surface area (TPSA) is 167 Å². The minimum absolute atomic E-state index is 0.00243. The molecule has 9 rings (SSSR count). The molecule has 2 aromatic heterocycles. The fourth-order valence-corrected chi connectivity index (χ4v) is 9.44. The Balaban J connectivity index is 0.656. The summed E-state index contributed by atoms with van der Waals surface area (Å²) in [7, 11) is 0. The van der Waals surface area contributed by atoms with Gasteiger partial charge in [-0.2, -0.15) is 0 Å². The first-order chi connectivity index (χ1) is 30.8. The molecule has 1 atom stereocenters. The Bertz CT molecular complexity index is 2370. The number of hydrogen-bond acceptors (Lipinski definition) is 11. The molecule has 3 aromatic carbocycles. The number of carbonyl (C=O) groups excluding carboxylic acids is 4. The van der Waals surface area contributed by atoms with Crippen LogP contribution in [0.5, 0.6) is 5.75 Å². The monoisotopic (exact) mass is 852 g/mol. The van der Waals surface area contributed by atoms with E-state index in [-0.39, 0.29) is 48.2 Å². The summed E-state index contributed by atoms with van der Waals surface area (Å²) >= 11 is 0. The number of fused-ring (bicyclic) bond motifs is 1. The Morgan fingerprint density at radius 2 is 1.59 bits per heavy atom. The van der Waals surface area contributed by atoms with E-state index in [1.54, 1.807) is 18.5 Å². The fourth-order valence-electron chi connectivity index (χ4n) is 9.44. The molecule has 3 saturated heterocycles. The van der Waals surface area contributed by atoms with Crippen LogP contribution in [0.3, 0.4) is 0 Å². The fraction of sp³-hybridized carbons (Fsp3) is 0.438. The van der Waals surface area contributed by atoms with Gasteiger partial charge < -0.3 is 29.7 Å². The minimum atomic E-state index is -0.337. The van der Waals surface area contributed by atoms with Gasteiger partial charge in [-0.05, 0) is 105 Å². The number of hydrogen-bond donors (Lipinski definition) is 3. The van der Waals surface area contributed by atoms with Crippen LogP contribution >= 0.6 is 0 Å². The molecule has 15 heteroatoms. The van der Waals surface area contributed by atoms with Gasteiger partial charge in [0.05, 0.1) is 18.7 Å². The lowest BCUT2D eigenvalue weighted by Crippen LogP contribution is -2.46. The molecule has 0 spiro atoms. The van der Waals surface area contributed by atoms with Crippen molar-refractivity contribution in [2.24, 2.45) is 5.92 Å². The maximum atomic E-state index is 12.9. The summed E-state index contributed by atoms with van der Waals surface area (Å²) < 4.78 is 7.91. The van der Waals surface area contributed by atoms with Gasteiger partial charge in [0.1, 0.15) is 12.1 Å². The molecule has 0 radical (unpaired) electrons. The van der Waals surface area contributed by atoms with Gasteiger partial charge in [-0.15, -0.1) is 0 Å². The van der Waals surface area contributed by atoms with E-state index >= 15 is 0 Å². The zero-order valence-corrected chi connectivity index (χ0v) is 35.7. The van der Waals surface area contributed by atoms with Crippen molar-refractivity contribution in [1.82, 2.24) is 40.0 Å². The number of piperidine rings is 2. The van der Waals surface area contributed by atoms with Crippen molar-refractivity contribution in [2.75, 3.05) is 62.6 Å². The maximum absolute atomic E-state index is 12.9. The van der Waals surface area contributed by atoms with E-state index in [0.29, 0.717) is 36.7 Å². The predicted molar refractivity (Wildman–Crippen MR) is 240 cm³/mol. The van der Waals surface area contributed by atoms with Crippen LogP contribution in [0.25, 0.3) is 11.2 Å². The zero-order valence-electron chi connectivity index (χ0n) is 35.7. The van der Waals surface area contributed by atoms with Crippen LogP contribution in [0, 0.1) is 5.92 Å². The first kappa shape index (κ1) is 42.0. The molecule has 4 amide bonds. The van der Waals surface area contributed by atoms with Crippen molar-refractivity contribution in [3.63, 3.8) is 0 Å². The van der Waals surface area contributed by atoms with Crippen LogP contribution < -0.4 is 25.6 Å². The number of nitrogens with one attached hydrogen (secondary N) is 3. The second kappa shape index (κ2) is 19.4. The highest BCUT2D eigenvalue weighted by Gasteiger charge is 2.33. The molecule has 5 aromatic rings. The van der Waals surface area contributed by atoms with Crippen molar-refractivity contribution >= 4 is 52.0 Å². The number of likely N-dealkylation sites (tertiary alicyclic amines) is 1. The van der Waals surface area contributed by atoms with Crippen molar-refractivity contribution < 1.29 is 23.9 Å². The van der Waals surface area contributed by atoms with E-state index in [0.717, 1.165) is 99.5 Å². The number of ether oxygens (including phenoxy) is 1. The van der Waals surface area contributed by atoms with Gasteiger partial charge in [0, 0.05) is 69.1 Å². The van der Waals surface area contributed by atoms with Crippen molar-refractivity contribution in [2.45, 2.75) is 75.8 Å². The summed E-state index contributed by atoms with van der Waals surface area (Å²) in [5.74, 6) is 1.13. The third-order valence-electron chi connectivity index (χ3n) is 13.2. The number of imidazole rings is 1. The molecular weight excluding hydrogens is 797 g/mol. The molecule has 0 unspecified atom stereocenters. The number of benzene rings is 3. The van der Waals surface area contributed by atoms with E-state index in [9.17, 15) is 19.2 Å². The summed E-state index contributed by atoms with van der Waals surface area (Å²) in [6.45, 7) is 6.68. The highest BCUT2D eigenvalue weighted by molar-refractivity contribution is 6.01. The van der Waals surface area contributed by atoms with Crippen molar-refractivity contribution in [1.29, 1.82) is 0 Å². The Morgan fingerprint density at radius 3 is 2.33 bits per heavy atom. The average Bonchev–Trinajstić information content (AvgIpc) is 3.72. The van der Waals surface area contributed by atoms with E-state index < -0.39 is 0 Å². The van der Waals surface area contributed by atoms with Crippen LogP contribution in [0.4, 0.5) is 17.2 Å². The summed E-state index contributed by atoms with van der Waals surface area (Å²) in [6, 6.07) is 26.0.